The average molecular weight is 529 g/mol. The molecule has 1 aliphatic rings. The van der Waals surface area contributed by atoms with Crippen LogP contribution in [0, 0.1) is 10.1 Å². The van der Waals surface area contributed by atoms with Crippen LogP contribution in [0.1, 0.15) is 4.88 Å². The molecule has 2 aromatic carbocycles. The highest BCUT2D eigenvalue weighted by molar-refractivity contribution is 8.14. The molecule has 0 unspecified atom stereocenters. The topological polar surface area (TPSA) is 114 Å². The van der Waals surface area contributed by atoms with Gasteiger partial charge in [-0.1, -0.05) is 35.5 Å². The summed E-state index contributed by atoms with van der Waals surface area (Å²) in [7, 11) is 1.49. The Morgan fingerprint density at radius 2 is 2.11 bits per heavy atom. The Morgan fingerprint density at radius 3 is 2.80 bits per heavy atom. The van der Waals surface area contributed by atoms with Crippen molar-refractivity contribution in [2.24, 2.45) is 4.99 Å². The van der Waals surface area contributed by atoms with Crippen LogP contribution in [0.15, 0.2) is 70.7 Å². The summed E-state index contributed by atoms with van der Waals surface area (Å²) in [6, 6.07) is 14.3. The number of thioether (sulfide) groups is 1. The number of halogens is 1. The third-order valence-electron chi connectivity index (χ3n) is 4.72. The first-order chi connectivity index (χ1) is 16.9. The van der Waals surface area contributed by atoms with Crippen molar-refractivity contribution in [3.05, 3.63) is 85.7 Å². The molecule has 0 spiro atoms. The minimum absolute atomic E-state index is 0.0819. The number of non-ortho nitro benzene ring substituents is 1. The van der Waals surface area contributed by atoms with E-state index in [1.807, 2.05) is 17.5 Å². The second-order valence-electron chi connectivity index (χ2n) is 7.04. The number of nitrogens with zero attached hydrogens (tertiary/aromatic N) is 3. The van der Waals surface area contributed by atoms with Gasteiger partial charge in [0.2, 0.25) is 5.91 Å². The molecule has 0 saturated heterocycles. The molecule has 0 bridgehead atoms. The molecule has 9 nitrogen and oxygen atoms in total. The first-order valence-corrected chi connectivity index (χ1v) is 12.3. The standard InChI is InChI=1S/C23H17ClN4O5S2/c1-33-20-8-7-15(11-18(20)24)27-22(30)19(12-17-6-3-9-34-17)26-23(27)35-13-21(29)25-14-4-2-5-16(10-14)28(31)32/h2-12H,13H2,1H3,(H,25,29)/b19-12-. The summed E-state index contributed by atoms with van der Waals surface area (Å²) < 4.78 is 5.19. The third-order valence-corrected chi connectivity index (χ3v) is 6.77. The Labute approximate surface area is 213 Å². The molecule has 0 fully saturated rings. The van der Waals surface area contributed by atoms with Gasteiger partial charge in [-0.3, -0.25) is 24.6 Å². The number of hydrogen-bond donors (Lipinski definition) is 1. The number of methoxy groups -OCH3 is 1. The molecule has 4 rings (SSSR count). The number of nitro groups is 1. The van der Waals surface area contributed by atoms with E-state index in [0.717, 1.165) is 16.6 Å². The Balaban J connectivity index is 1.56. The number of nitrogens with one attached hydrogen (secondary N) is 1. The molecule has 0 radical (unpaired) electrons. The van der Waals surface area contributed by atoms with Crippen molar-refractivity contribution in [2.75, 3.05) is 23.1 Å². The summed E-state index contributed by atoms with van der Waals surface area (Å²) in [5, 5.41) is 16.1. The van der Waals surface area contributed by atoms with Gasteiger partial charge in [-0.2, -0.15) is 0 Å². The smallest absolute Gasteiger partial charge is 0.283 e. The number of benzene rings is 2. The minimum Gasteiger partial charge on any atom is -0.495 e. The third kappa shape index (κ3) is 5.70. The number of amides is 2. The fourth-order valence-corrected chi connectivity index (χ4v) is 4.86. The molecular formula is C23H17ClN4O5S2. The van der Waals surface area contributed by atoms with Crippen LogP contribution in [0.2, 0.25) is 5.02 Å². The molecule has 2 heterocycles. The van der Waals surface area contributed by atoms with Gasteiger partial charge in [-0.15, -0.1) is 11.3 Å². The van der Waals surface area contributed by atoms with E-state index in [0.29, 0.717) is 27.3 Å². The van der Waals surface area contributed by atoms with Crippen LogP contribution in [-0.4, -0.2) is 34.8 Å². The number of nitro benzene ring substituents is 1. The van der Waals surface area contributed by atoms with Gasteiger partial charge in [-0.05, 0) is 41.8 Å². The normalized spacial score (nSPS) is 14.2. The number of anilines is 2. The largest absolute Gasteiger partial charge is 0.495 e. The van der Waals surface area contributed by atoms with Crippen molar-refractivity contribution < 1.29 is 19.2 Å². The van der Waals surface area contributed by atoms with E-state index >= 15 is 0 Å². The monoisotopic (exact) mass is 528 g/mol. The lowest BCUT2D eigenvalue weighted by molar-refractivity contribution is -0.384. The van der Waals surface area contributed by atoms with Crippen molar-refractivity contribution in [3.8, 4) is 5.75 Å². The van der Waals surface area contributed by atoms with Crippen molar-refractivity contribution in [1.29, 1.82) is 0 Å². The Bertz CT molecular complexity index is 1360. The number of aliphatic imine (C=N–C) groups is 1. The second kappa shape index (κ2) is 10.7. The number of amidine groups is 1. The molecule has 1 aliphatic heterocycles. The van der Waals surface area contributed by atoms with Gasteiger partial charge in [0, 0.05) is 22.7 Å². The minimum atomic E-state index is -0.539. The maximum atomic E-state index is 13.2. The highest BCUT2D eigenvalue weighted by Crippen LogP contribution is 2.34. The van der Waals surface area contributed by atoms with Crippen LogP contribution in [0.3, 0.4) is 0 Å². The molecule has 12 heteroatoms. The maximum absolute atomic E-state index is 13.2. The van der Waals surface area contributed by atoms with E-state index in [2.05, 4.69) is 10.3 Å². The van der Waals surface area contributed by atoms with E-state index in [-0.39, 0.29) is 23.0 Å². The molecule has 0 atom stereocenters. The summed E-state index contributed by atoms with van der Waals surface area (Å²) in [4.78, 5) is 42.9. The van der Waals surface area contributed by atoms with E-state index in [9.17, 15) is 19.7 Å². The Hall–Kier alpha value is -3.67. The van der Waals surface area contributed by atoms with E-state index in [1.165, 1.54) is 41.5 Å². The van der Waals surface area contributed by atoms with Gasteiger partial charge in [0.15, 0.2) is 5.17 Å². The molecule has 1 N–H and O–H groups in total. The molecule has 0 aliphatic carbocycles. The zero-order valence-corrected chi connectivity index (χ0v) is 20.5. The number of thiophene rings is 1. The van der Waals surface area contributed by atoms with E-state index < -0.39 is 10.8 Å². The highest BCUT2D eigenvalue weighted by Gasteiger charge is 2.33. The first-order valence-electron chi connectivity index (χ1n) is 10.0. The molecule has 178 valence electrons. The lowest BCUT2D eigenvalue weighted by Crippen LogP contribution is -2.31. The molecule has 35 heavy (non-hydrogen) atoms. The predicted molar refractivity (Wildman–Crippen MR) is 139 cm³/mol. The van der Waals surface area contributed by atoms with Gasteiger partial charge in [0.05, 0.1) is 28.5 Å². The first kappa shape index (κ1) is 24.5. The van der Waals surface area contributed by atoms with Crippen LogP contribution in [0.5, 0.6) is 5.75 Å². The quantitative estimate of drug-likeness (QED) is 0.248. The van der Waals surface area contributed by atoms with Gasteiger partial charge in [0.1, 0.15) is 11.4 Å². The van der Waals surface area contributed by atoms with Gasteiger partial charge >= 0.3 is 0 Å². The number of hydrogen-bond acceptors (Lipinski definition) is 8. The predicted octanol–water partition coefficient (Wildman–Crippen LogP) is 5.43. The molecular weight excluding hydrogens is 512 g/mol. The highest BCUT2D eigenvalue weighted by atomic mass is 35.5. The summed E-state index contributed by atoms with van der Waals surface area (Å²) in [5.41, 5.74) is 0.861. The second-order valence-corrected chi connectivity index (χ2v) is 9.37. The van der Waals surface area contributed by atoms with Crippen LogP contribution in [0.25, 0.3) is 6.08 Å². The van der Waals surface area contributed by atoms with Crippen LogP contribution in [0.4, 0.5) is 17.1 Å². The number of rotatable bonds is 7. The Kier molecular flexibility index (Phi) is 7.49. The van der Waals surface area contributed by atoms with E-state index in [1.54, 1.807) is 30.3 Å². The van der Waals surface area contributed by atoms with Crippen molar-refractivity contribution >= 4 is 74.8 Å². The SMILES string of the molecule is COc1ccc(N2C(=O)/C(=C/c3cccs3)N=C2SCC(=O)Nc2cccc([N+](=O)[O-])c2)cc1Cl. The van der Waals surface area contributed by atoms with Crippen LogP contribution >= 0.6 is 34.7 Å². The summed E-state index contributed by atoms with van der Waals surface area (Å²) >= 11 is 8.80. The summed E-state index contributed by atoms with van der Waals surface area (Å²) in [6.07, 6.45) is 1.68. The summed E-state index contributed by atoms with van der Waals surface area (Å²) in [5.74, 6) is -0.393. The van der Waals surface area contributed by atoms with Crippen LogP contribution in [-0.2, 0) is 9.59 Å². The summed E-state index contributed by atoms with van der Waals surface area (Å²) in [6.45, 7) is 0. The zero-order valence-electron chi connectivity index (χ0n) is 18.1. The number of carbonyl (C=O) groups is 2. The fourth-order valence-electron chi connectivity index (χ4n) is 3.15. The van der Waals surface area contributed by atoms with Gasteiger partial charge in [-0.25, -0.2) is 4.99 Å². The van der Waals surface area contributed by atoms with Gasteiger partial charge < -0.3 is 10.1 Å². The van der Waals surface area contributed by atoms with Crippen LogP contribution < -0.4 is 15.0 Å². The molecule has 2 amide bonds. The number of ether oxygens (including phenoxy) is 1. The molecule has 0 saturated carbocycles. The Morgan fingerprint density at radius 1 is 1.29 bits per heavy atom. The van der Waals surface area contributed by atoms with Crippen molar-refractivity contribution in [3.63, 3.8) is 0 Å². The van der Waals surface area contributed by atoms with E-state index in [4.69, 9.17) is 16.3 Å². The van der Waals surface area contributed by atoms with Crippen molar-refractivity contribution in [1.82, 2.24) is 0 Å². The van der Waals surface area contributed by atoms with Gasteiger partial charge in [0.25, 0.3) is 11.6 Å². The lowest BCUT2D eigenvalue weighted by Gasteiger charge is -2.18. The fraction of sp³-hybridized carbons (Fsp3) is 0.0870. The molecule has 3 aromatic rings. The zero-order chi connectivity index (χ0) is 24.9. The molecule has 1 aromatic heterocycles. The average Bonchev–Trinajstić information content (AvgIpc) is 3.46. The number of carbonyl (C=O) groups excluding carboxylic acids is 2. The lowest BCUT2D eigenvalue weighted by atomic mass is 10.2. The van der Waals surface area contributed by atoms with Crippen molar-refractivity contribution in [2.45, 2.75) is 0 Å². The maximum Gasteiger partial charge on any atom is 0.283 e.